The molecule has 6 N–H and O–H groups in total. The molecule has 4 aromatic heterocycles. The highest BCUT2D eigenvalue weighted by atomic mass is 16.6. The van der Waals surface area contributed by atoms with Gasteiger partial charge in [-0.05, 0) is 221 Å². The average molecular weight is 1200 g/mol. The Bertz CT molecular complexity index is 4420. The van der Waals surface area contributed by atoms with E-state index in [0.717, 1.165) is 152 Å². The number of carbonyl (C=O) groups is 2. The Morgan fingerprint density at radius 3 is 1.01 bits per heavy atom. The SMILES string of the molecule is CC(C)(C)OC(=O)N1CCC[C@H]1c1nc2ccc(-c3cccc4c(-c5ccc6nc([C@@H]7CCCN7C(=O)OC(C)(C)C)[nH]c6c5)cccc34)cc2[nH]1.c1cc(-c2ccc3nc([C@@H]4CCCN4)[nH]c3c2)c2cccc(-c3ccc4nc([C@@H]5CCCN5)[nH]c4c3)c2c1. The molecule has 0 spiro atoms. The fourth-order valence-electron chi connectivity index (χ4n) is 14.1. The fourth-order valence-corrected chi connectivity index (χ4v) is 14.1. The van der Waals surface area contributed by atoms with Crippen LogP contribution in [-0.4, -0.2) is 99.2 Å². The summed E-state index contributed by atoms with van der Waals surface area (Å²) >= 11 is 0. The van der Waals surface area contributed by atoms with E-state index in [4.69, 9.17) is 29.4 Å². The van der Waals surface area contributed by atoms with Gasteiger partial charge in [-0.15, -0.1) is 0 Å². The van der Waals surface area contributed by atoms with Crippen molar-refractivity contribution in [1.29, 1.82) is 0 Å². The second kappa shape index (κ2) is 22.9. The van der Waals surface area contributed by atoms with Crippen LogP contribution in [0.4, 0.5) is 9.59 Å². The molecule has 4 saturated heterocycles. The lowest BCUT2D eigenvalue weighted by Gasteiger charge is -2.27. The zero-order valence-electron chi connectivity index (χ0n) is 52.0. The Morgan fingerprint density at radius 2 is 0.711 bits per heavy atom. The minimum Gasteiger partial charge on any atom is -0.444 e. The third-order valence-corrected chi connectivity index (χ3v) is 18.3. The van der Waals surface area contributed by atoms with Gasteiger partial charge in [0, 0.05) is 13.1 Å². The van der Waals surface area contributed by atoms with Crippen molar-refractivity contribution in [2.75, 3.05) is 26.2 Å². The van der Waals surface area contributed by atoms with Gasteiger partial charge < -0.3 is 40.0 Å². The molecule has 456 valence electrons. The number of imidazole rings is 4. The van der Waals surface area contributed by atoms with Gasteiger partial charge in [0.2, 0.25) is 0 Å². The number of benzene rings is 8. The number of nitrogens with zero attached hydrogens (tertiary/aromatic N) is 6. The van der Waals surface area contributed by atoms with E-state index in [1.165, 1.54) is 45.9 Å². The molecule has 16 heteroatoms. The molecular weight excluding hydrogens is 1120 g/mol. The smallest absolute Gasteiger partial charge is 0.410 e. The standard InChI is InChI=1S/C42H46N6O4.C32H30N6/c1-41(2,3)51-39(49)47-21-9-15-35(47)37-43-31-19-17-25(23-33(31)45-37)27-11-7-14-30-28(12-8-13-29(27)30)26-18-20-32-34(24-26)46-38(44-32)36-16-10-22-48(36)40(50)52-42(4,5)6;1-5-21(19-11-13-25-29(17-19)37-31(35-25)27-9-3-15-33-27)24-8-2-6-22(23(24)7-1)20-12-14-26-30(18-20)38-32(36-26)28-10-4-16-34-28/h7-8,11-14,17-20,23-24,35-36H,9-10,15-16,21-22H2,1-6H3,(H,43,45)(H,44,46);1-2,5-8,11-14,17-18,27-28,33-34H,3-4,9-10,15-16H2,(H,35,37)(H,36,38)/t35-,36-;27-,28-/m00/s1. The maximum absolute atomic E-state index is 13.0. The molecule has 2 amide bonds. The van der Waals surface area contributed by atoms with Crippen molar-refractivity contribution in [3.63, 3.8) is 0 Å². The summed E-state index contributed by atoms with van der Waals surface area (Å²) in [5, 5.41) is 11.9. The van der Waals surface area contributed by atoms with Gasteiger partial charge >= 0.3 is 12.2 Å². The van der Waals surface area contributed by atoms with Crippen LogP contribution in [0.25, 0.3) is 110 Å². The van der Waals surface area contributed by atoms with Crippen LogP contribution in [0, 0.1) is 0 Å². The minimum atomic E-state index is -0.553. The average Bonchev–Trinajstić information content (AvgIpc) is 1.65. The number of aromatic nitrogens is 8. The molecule has 4 fully saturated rings. The van der Waals surface area contributed by atoms with E-state index in [-0.39, 0.29) is 24.3 Å². The maximum atomic E-state index is 13.0. The summed E-state index contributed by atoms with van der Waals surface area (Å²) in [5.74, 6) is 3.68. The molecule has 0 radical (unpaired) electrons. The molecule has 0 unspecified atom stereocenters. The lowest BCUT2D eigenvalue weighted by molar-refractivity contribution is 0.0208. The molecule has 4 aliphatic rings. The third-order valence-electron chi connectivity index (χ3n) is 18.3. The first kappa shape index (κ1) is 57.1. The number of carbonyl (C=O) groups excluding carboxylic acids is 2. The van der Waals surface area contributed by atoms with E-state index < -0.39 is 11.2 Å². The van der Waals surface area contributed by atoms with Crippen LogP contribution in [0.3, 0.4) is 0 Å². The molecule has 16 rings (SSSR count). The van der Waals surface area contributed by atoms with Gasteiger partial charge in [0.15, 0.2) is 0 Å². The number of ether oxygens (including phenoxy) is 2. The lowest BCUT2D eigenvalue weighted by Crippen LogP contribution is -2.36. The Labute approximate surface area is 522 Å². The molecule has 0 aliphatic carbocycles. The highest BCUT2D eigenvalue weighted by Gasteiger charge is 2.37. The number of hydrogen-bond donors (Lipinski definition) is 6. The number of rotatable bonds is 8. The summed E-state index contributed by atoms with van der Waals surface area (Å²) in [5.41, 5.74) is 16.0. The Kier molecular flexibility index (Phi) is 14.5. The number of aromatic amines is 4. The van der Waals surface area contributed by atoms with Crippen molar-refractivity contribution in [2.24, 2.45) is 0 Å². The monoisotopic (exact) mass is 1200 g/mol. The maximum Gasteiger partial charge on any atom is 0.410 e. The largest absolute Gasteiger partial charge is 0.444 e. The van der Waals surface area contributed by atoms with Gasteiger partial charge in [-0.1, -0.05) is 97.1 Å². The number of likely N-dealkylation sites (tertiary alicyclic amines) is 2. The minimum absolute atomic E-state index is 0.142. The number of fused-ring (bicyclic) bond motifs is 6. The van der Waals surface area contributed by atoms with Crippen LogP contribution in [-0.2, 0) is 9.47 Å². The van der Waals surface area contributed by atoms with Crippen LogP contribution < -0.4 is 10.6 Å². The van der Waals surface area contributed by atoms with Crippen LogP contribution in [0.15, 0.2) is 146 Å². The van der Waals surface area contributed by atoms with Crippen LogP contribution in [0.2, 0.25) is 0 Å². The number of nitrogens with one attached hydrogen (secondary N) is 6. The zero-order valence-corrected chi connectivity index (χ0v) is 52.0. The Morgan fingerprint density at radius 1 is 0.400 bits per heavy atom. The van der Waals surface area contributed by atoms with Crippen molar-refractivity contribution < 1.29 is 19.1 Å². The van der Waals surface area contributed by atoms with Gasteiger partial charge in [0.25, 0.3) is 0 Å². The third kappa shape index (κ3) is 11.1. The van der Waals surface area contributed by atoms with Crippen LogP contribution in [0.5, 0.6) is 0 Å². The van der Waals surface area contributed by atoms with Crippen molar-refractivity contribution in [2.45, 2.75) is 128 Å². The normalized spacial score (nSPS) is 18.9. The second-order valence-corrected chi connectivity index (χ2v) is 26.8. The Balaban J connectivity index is 0.000000157. The zero-order chi connectivity index (χ0) is 61.4. The van der Waals surface area contributed by atoms with E-state index in [0.29, 0.717) is 25.2 Å². The van der Waals surface area contributed by atoms with Gasteiger partial charge in [-0.2, -0.15) is 0 Å². The molecule has 90 heavy (non-hydrogen) atoms. The topological polar surface area (TPSA) is 198 Å². The van der Waals surface area contributed by atoms with Crippen molar-refractivity contribution in [1.82, 2.24) is 60.3 Å². The summed E-state index contributed by atoms with van der Waals surface area (Å²) in [6.07, 6.45) is 7.60. The number of hydrogen-bond acceptors (Lipinski definition) is 10. The van der Waals surface area contributed by atoms with Gasteiger partial charge in [-0.3, -0.25) is 9.80 Å². The van der Waals surface area contributed by atoms with Crippen molar-refractivity contribution in [3.8, 4) is 44.5 Å². The van der Waals surface area contributed by atoms with Crippen LogP contribution in [0.1, 0.15) is 140 Å². The fraction of sp³-hybridized carbons (Fsp3) is 0.324. The van der Waals surface area contributed by atoms with Crippen LogP contribution >= 0.6 is 0 Å². The predicted octanol–water partition coefficient (Wildman–Crippen LogP) is 16.8. The van der Waals surface area contributed by atoms with E-state index >= 15 is 0 Å². The predicted molar refractivity (Wildman–Crippen MR) is 358 cm³/mol. The molecule has 0 saturated carbocycles. The number of H-pyrrole nitrogens is 4. The second-order valence-electron chi connectivity index (χ2n) is 26.8. The molecule has 4 atom stereocenters. The van der Waals surface area contributed by atoms with Gasteiger partial charge in [0.05, 0.1) is 68.3 Å². The first-order chi connectivity index (χ1) is 43.6. The molecule has 0 bridgehead atoms. The highest BCUT2D eigenvalue weighted by Crippen LogP contribution is 2.41. The summed E-state index contributed by atoms with van der Waals surface area (Å²) < 4.78 is 11.4. The summed E-state index contributed by atoms with van der Waals surface area (Å²) in [6.45, 7) is 14.8. The van der Waals surface area contributed by atoms with Crippen molar-refractivity contribution >= 4 is 77.9 Å². The van der Waals surface area contributed by atoms with E-state index in [1.807, 2.05) is 41.5 Å². The van der Waals surface area contributed by atoms with E-state index in [1.54, 1.807) is 9.80 Å². The van der Waals surface area contributed by atoms with Crippen molar-refractivity contribution in [3.05, 3.63) is 169 Å². The van der Waals surface area contributed by atoms with Gasteiger partial charge in [0.1, 0.15) is 34.5 Å². The number of amides is 2. The lowest BCUT2D eigenvalue weighted by atomic mass is 9.93. The van der Waals surface area contributed by atoms with E-state index in [9.17, 15) is 9.59 Å². The molecular formula is C74H76N12O4. The first-order valence-electron chi connectivity index (χ1n) is 32.1. The molecule has 16 nitrogen and oxygen atoms in total. The first-order valence-corrected chi connectivity index (χ1v) is 32.1. The summed E-state index contributed by atoms with van der Waals surface area (Å²) in [6, 6.07) is 52.4. The highest BCUT2D eigenvalue weighted by molar-refractivity contribution is 6.07. The Hall–Kier alpha value is -9.38. The molecule has 12 aromatic rings. The summed E-state index contributed by atoms with van der Waals surface area (Å²) in [7, 11) is 0. The quantitative estimate of drug-likeness (QED) is 0.0851. The summed E-state index contributed by atoms with van der Waals surface area (Å²) in [4.78, 5) is 63.4. The molecule has 8 aromatic carbocycles. The molecule has 4 aliphatic heterocycles. The van der Waals surface area contributed by atoms with E-state index in [2.05, 4.69) is 176 Å². The molecule has 8 heterocycles. The van der Waals surface area contributed by atoms with Gasteiger partial charge in [-0.25, -0.2) is 29.5 Å².